The van der Waals surface area contributed by atoms with Gasteiger partial charge >= 0.3 is 0 Å². The summed E-state index contributed by atoms with van der Waals surface area (Å²) in [5.41, 5.74) is 1.46. The molecule has 0 radical (unpaired) electrons. The van der Waals surface area contributed by atoms with E-state index < -0.39 is 49.1 Å². The molecule has 1 fully saturated rings. The fourth-order valence-electron chi connectivity index (χ4n) is 4.05. The summed E-state index contributed by atoms with van der Waals surface area (Å²) in [4.78, 5) is 28.3. The van der Waals surface area contributed by atoms with Gasteiger partial charge in [-0.3, -0.25) is 14.9 Å². The Kier molecular flexibility index (Phi) is 4.87. The number of aromatic nitrogens is 4. The third kappa shape index (κ3) is 3.04. The number of rotatable bonds is 4. The van der Waals surface area contributed by atoms with Crippen molar-refractivity contribution in [2.45, 2.75) is 30.6 Å². The van der Waals surface area contributed by atoms with Crippen LogP contribution in [0.25, 0.3) is 22.0 Å². The molecule has 5 rings (SSSR count). The predicted octanol–water partition coefficient (Wildman–Crippen LogP) is -1.70. The summed E-state index contributed by atoms with van der Waals surface area (Å²) in [5, 5.41) is 50.5. The van der Waals surface area contributed by atoms with Crippen LogP contribution >= 0.6 is 0 Å². The second-order valence-electron chi connectivity index (χ2n) is 7.58. The van der Waals surface area contributed by atoms with Gasteiger partial charge in [0, 0.05) is 22.7 Å². The summed E-state index contributed by atoms with van der Waals surface area (Å²) in [6.07, 6.45) is -4.22. The van der Waals surface area contributed by atoms with Crippen LogP contribution in [0, 0.1) is 0 Å². The fraction of sp³-hybridized carbons (Fsp3) is 0.300. The van der Waals surface area contributed by atoms with Crippen LogP contribution in [0.3, 0.4) is 0 Å². The van der Waals surface area contributed by atoms with Crippen LogP contribution in [0.15, 0.2) is 36.7 Å². The molecule has 6 N–H and O–H groups in total. The SMILES string of the molecule is O=C1NC(=O)C(c2c[nH]c3ccccc23)=C1c1cn([C@@H]2O[C@H](CO)[C@@H](O)[C@H](O)[C@H]2O)nn1. The number of para-hydroxylation sites is 1. The van der Waals surface area contributed by atoms with E-state index in [0.717, 1.165) is 15.6 Å². The molecule has 3 aromatic rings. The molecule has 12 heteroatoms. The number of aromatic amines is 1. The second-order valence-corrected chi connectivity index (χ2v) is 7.58. The van der Waals surface area contributed by atoms with E-state index in [0.29, 0.717) is 5.56 Å². The Morgan fingerprint density at radius 2 is 1.78 bits per heavy atom. The number of nitrogens with zero attached hydrogens (tertiary/aromatic N) is 3. The molecule has 2 aromatic heterocycles. The quantitative estimate of drug-likeness (QED) is 0.257. The molecule has 12 nitrogen and oxygen atoms in total. The minimum atomic E-state index is -1.60. The molecular weight excluding hydrogens is 422 g/mol. The van der Waals surface area contributed by atoms with E-state index in [1.807, 2.05) is 24.3 Å². The van der Waals surface area contributed by atoms with Crippen molar-refractivity contribution in [2.24, 2.45) is 0 Å². The number of H-pyrrole nitrogens is 1. The van der Waals surface area contributed by atoms with E-state index in [9.17, 15) is 30.0 Å². The molecule has 0 aliphatic carbocycles. The van der Waals surface area contributed by atoms with E-state index in [-0.39, 0.29) is 16.8 Å². The van der Waals surface area contributed by atoms with Crippen molar-refractivity contribution in [3.8, 4) is 0 Å². The van der Waals surface area contributed by atoms with Gasteiger partial charge in [-0.25, -0.2) is 4.68 Å². The number of nitrogens with one attached hydrogen (secondary N) is 2. The van der Waals surface area contributed by atoms with Crippen molar-refractivity contribution in [1.82, 2.24) is 25.3 Å². The third-order valence-electron chi connectivity index (χ3n) is 5.68. The van der Waals surface area contributed by atoms with E-state index in [1.54, 1.807) is 6.20 Å². The summed E-state index contributed by atoms with van der Waals surface area (Å²) >= 11 is 0. The molecule has 4 heterocycles. The van der Waals surface area contributed by atoms with Gasteiger partial charge in [0.25, 0.3) is 11.8 Å². The number of amides is 2. The Hall–Kier alpha value is -3.42. The molecule has 0 spiro atoms. The standard InChI is InChI=1S/C20H19N5O7/c26-7-12-15(27)16(28)17(29)20(32-12)25-6-11(23-24-25)14-13(18(30)22-19(14)31)9-5-21-10-4-2-1-3-8(9)10/h1-6,12,15-17,20-21,26-29H,7H2,(H,22,30,31)/t12-,15-,16+,17-,20-/m1/s1. The zero-order valence-corrected chi connectivity index (χ0v) is 16.4. The molecule has 0 unspecified atom stereocenters. The molecule has 166 valence electrons. The monoisotopic (exact) mass is 441 g/mol. The van der Waals surface area contributed by atoms with E-state index in [2.05, 4.69) is 20.6 Å². The van der Waals surface area contributed by atoms with E-state index in [4.69, 9.17) is 4.74 Å². The van der Waals surface area contributed by atoms with Crippen LogP contribution in [0.1, 0.15) is 17.5 Å². The maximum atomic E-state index is 12.6. The Morgan fingerprint density at radius 3 is 2.56 bits per heavy atom. The van der Waals surface area contributed by atoms with Crippen LogP contribution in [0.5, 0.6) is 0 Å². The highest BCUT2D eigenvalue weighted by molar-refractivity contribution is 6.49. The summed E-state index contributed by atoms with van der Waals surface area (Å²) in [5.74, 6) is -1.24. The molecule has 2 amide bonds. The van der Waals surface area contributed by atoms with Gasteiger partial charge in [-0.15, -0.1) is 5.10 Å². The number of ether oxygens (including phenoxy) is 1. The van der Waals surface area contributed by atoms with E-state index >= 15 is 0 Å². The number of carbonyl (C=O) groups is 2. The smallest absolute Gasteiger partial charge is 0.261 e. The Morgan fingerprint density at radius 1 is 1.03 bits per heavy atom. The van der Waals surface area contributed by atoms with Gasteiger partial charge in [0.15, 0.2) is 6.23 Å². The molecule has 5 atom stereocenters. The van der Waals surface area contributed by atoms with Crippen LogP contribution in [-0.4, -0.2) is 83.2 Å². The minimum Gasteiger partial charge on any atom is -0.394 e. The first-order chi connectivity index (χ1) is 15.4. The Balaban J connectivity index is 1.57. The van der Waals surface area contributed by atoms with Gasteiger partial charge < -0.3 is 30.1 Å². The van der Waals surface area contributed by atoms with Gasteiger partial charge in [-0.1, -0.05) is 23.4 Å². The number of hydrogen-bond acceptors (Lipinski definition) is 9. The topological polar surface area (TPSA) is 183 Å². The summed E-state index contributed by atoms with van der Waals surface area (Å²) < 4.78 is 6.52. The van der Waals surface area contributed by atoms with Crippen molar-refractivity contribution in [3.63, 3.8) is 0 Å². The van der Waals surface area contributed by atoms with Crippen LogP contribution < -0.4 is 5.32 Å². The van der Waals surface area contributed by atoms with Crippen LogP contribution in [-0.2, 0) is 14.3 Å². The van der Waals surface area contributed by atoms with Gasteiger partial charge in [0.05, 0.1) is 23.9 Å². The van der Waals surface area contributed by atoms with Crippen molar-refractivity contribution in [1.29, 1.82) is 0 Å². The Labute approximate surface area is 179 Å². The predicted molar refractivity (Wildman–Crippen MR) is 107 cm³/mol. The molecule has 32 heavy (non-hydrogen) atoms. The summed E-state index contributed by atoms with van der Waals surface area (Å²) in [6.45, 7) is -0.601. The molecule has 0 bridgehead atoms. The van der Waals surface area contributed by atoms with Gasteiger partial charge in [-0.05, 0) is 6.07 Å². The maximum Gasteiger partial charge on any atom is 0.261 e. The van der Waals surface area contributed by atoms with Crippen molar-refractivity contribution < 1.29 is 34.8 Å². The molecule has 2 aliphatic heterocycles. The van der Waals surface area contributed by atoms with Gasteiger partial charge in [0.2, 0.25) is 0 Å². The van der Waals surface area contributed by atoms with Crippen LogP contribution in [0.4, 0.5) is 0 Å². The second kappa shape index (κ2) is 7.62. The number of carbonyl (C=O) groups excluding carboxylic acids is 2. The number of aliphatic hydroxyl groups excluding tert-OH is 4. The molecule has 2 aliphatic rings. The van der Waals surface area contributed by atoms with E-state index in [1.165, 1.54) is 6.20 Å². The zero-order chi connectivity index (χ0) is 22.6. The summed E-state index contributed by atoms with van der Waals surface area (Å²) in [7, 11) is 0. The van der Waals surface area contributed by atoms with Gasteiger partial charge in [-0.2, -0.15) is 0 Å². The molecule has 1 saturated heterocycles. The van der Waals surface area contributed by atoms with Crippen molar-refractivity contribution in [2.75, 3.05) is 6.61 Å². The first kappa shape index (κ1) is 20.5. The number of fused-ring (bicyclic) bond motifs is 1. The molecule has 1 aromatic carbocycles. The first-order valence-corrected chi connectivity index (χ1v) is 9.80. The van der Waals surface area contributed by atoms with Crippen LogP contribution in [0.2, 0.25) is 0 Å². The molecular formula is C20H19N5O7. The van der Waals surface area contributed by atoms with Crippen molar-refractivity contribution in [3.05, 3.63) is 47.9 Å². The van der Waals surface area contributed by atoms with Crippen molar-refractivity contribution >= 4 is 33.9 Å². The summed E-state index contributed by atoms with van der Waals surface area (Å²) in [6, 6.07) is 7.30. The number of benzene rings is 1. The number of imide groups is 1. The highest BCUT2D eigenvalue weighted by atomic mass is 16.6. The zero-order valence-electron chi connectivity index (χ0n) is 16.4. The highest BCUT2D eigenvalue weighted by Gasteiger charge is 2.45. The lowest BCUT2D eigenvalue weighted by Crippen LogP contribution is -2.56. The average molecular weight is 441 g/mol. The Bertz CT molecular complexity index is 1250. The lowest BCUT2D eigenvalue weighted by molar-refractivity contribution is -0.254. The van der Waals surface area contributed by atoms with Gasteiger partial charge in [0.1, 0.15) is 30.1 Å². The normalized spacial score (nSPS) is 28.6. The largest absolute Gasteiger partial charge is 0.394 e. The average Bonchev–Trinajstić information content (AvgIpc) is 3.49. The minimum absolute atomic E-state index is 0.00408. The third-order valence-corrected chi connectivity index (χ3v) is 5.68. The number of hydrogen-bond donors (Lipinski definition) is 6. The highest BCUT2D eigenvalue weighted by Crippen LogP contribution is 2.35. The first-order valence-electron chi connectivity index (χ1n) is 9.80. The molecule has 0 saturated carbocycles. The maximum absolute atomic E-state index is 12.6. The lowest BCUT2D eigenvalue weighted by atomic mass is 9.98. The fourth-order valence-corrected chi connectivity index (χ4v) is 4.05. The number of aliphatic hydroxyl groups is 4. The lowest BCUT2D eigenvalue weighted by Gasteiger charge is -2.39.